The molecule has 51 heavy (non-hydrogen) atoms. The summed E-state index contributed by atoms with van der Waals surface area (Å²) in [7, 11) is -2.41. The largest absolute Gasteiger partial charge is 0.497 e. The van der Waals surface area contributed by atoms with E-state index in [9.17, 15) is 37.5 Å². The molecule has 2 aromatic rings. The Morgan fingerprint density at radius 3 is 2.45 bits per heavy atom. The fraction of sp³-hybridized carbons (Fsp3) is 0.486. The third-order valence-corrected chi connectivity index (χ3v) is 11.4. The predicted molar refractivity (Wildman–Crippen MR) is 185 cm³/mol. The lowest BCUT2D eigenvalue weighted by molar-refractivity contribution is -0.145. The first-order valence-electron chi connectivity index (χ1n) is 16.5. The maximum atomic E-state index is 14.4. The van der Waals surface area contributed by atoms with Crippen LogP contribution in [0.15, 0.2) is 54.8 Å². The lowest BCUT2D eigenvalue weighted by atomic mass is 9.78. The number of methoxy groups -OCH3 is 1. The van der Waals surface area contributed by atoms with Crippen LogP contribution in [0, 0.1) is 11.3 Å². The van der Waals surface area contributed by atoms with Gasteiger partial charge in [0.2, 0.25) is 27.7 Å². The number of carboxylic acid groups (broad SMARTS) is 1. The van der Waals surface area contributed by atoms with Crippen molar-refractivity contribution >= 4 is 50.4 Å². The number of hydrogen-bond acceptors (Lipinski definition) is 10. The summed E-state index contributed by atoms with van der Waals surface area (Å²) in [6.45, 7) is 9.74. The van der Waals surface area contributed by atoms with E-state index >= 15 is 0 Å². The molecule has 1 aromatic carbocycles. The monoisotopic (exact) mass is 725 g/mol. The molecule has 274 valence electrons. The molecule has 0 spiro atoms. The molecule has 2 saturated carbocycles. The van der Waals surface area contributed by atoms with Crippen molar-refractivity contribution in [2.75, 3.05) is 13.7 Å². The van der Waals surface area contributed by atoms with E-state index in [0.29, 0.717) is 29.6 Å². The molecular formula is C35H43N5O10S. The van der Waals surface area contributed by atoms with Gasteiger partial charge >= 0.3 is 6.09 Å². The zero-order chi connectivity index (χ0) is 37.5. The number of sulfonamides is 1. The molecule has 5 atom stereocenters. The van der Waals surface area contributed by atoms with Crippen molar-refractivity contribution in [1.29, 1.82) is 0 Å². The molecule has 4 N–H and O–H groups in total. The number of nitrogens with zero attached hydrogens (tertiary/aromatic N) is 2. The molecule has 0 bridgehead atoms. The molecule has 16 heteroatoms. The van der Waals surface area contributed by atoms with Crippen LogP contribution in [0.2, 0.25) is 0 Å². The van der Waals surface area contributed by atoms with Gasteiger partial charge in [0, 0.05) is 23.9 Å². The number of nitrogens with one attached hydrogen (secondary N) is 3. The second kappa shape index (κ2) is 14.0. The lowest BCUT2D eigenvalue weighted by Crippen LogP contribution is -2.61. The normalized spacial score (nSPS) is 23.4. The summed E-state index contributed by atoms with van der Waals surface area (Å²) in [5.41, 5.74) is -2.59. The van der Waals surface area contributed by atoms with Crippen molar-refractivity contribution in [2.45, 2.75) is 82.4 Å². The molecular weight excluding hydrogens is 682 g/mol. The second-order valence-electron chi connectivity index (χ2n) is 14.1. The van der Waals surface area contributed by atoms with Gasteiger partial charge in [-0.3, -0.25) is 23.9 Å². The SMILES string of the molecule is C=CC1CC1(NC(=O)[C@@H]1C[C@@H](Oc2nccc3cc(OC)ccc23)CN1C(=O)[C@@H](NC(=O)O)C(C)(C)C(=O)C=C(C)C)C(=O)NS(=O)(=O)C1CC1. The van der Waals surface area contributed by atoms with Crippen LogP contribution < -0.4 is 24.8 Å². The minimum atomic E-state index is -3.95. The predicted octanol–water partition coefficient (Wildman–Crippen LogP) is 2.46. The maximum Gasteiger partial charge on any atom is 0.405 e. The number of allylic oxidation sites excluding steroid dienone is 2. The van der Waals surface area contributed by atoms with Gasteiger partial charge in [0.05, 0.1) is 24.3 Å². The average molecular weight is 726 g/mol. The molecule has 5 rings (SSSR count). The maximum absolute atomic E-state index is 14.4. The molecule has 2 heterocycles. The summed E-state index contributed by atoms with van der Waals surface area (Å²) in [5, 5.41) is 15.3. The van der Waals surface area contributed by atoms with Gasteiger partial charge in [0.1, 0.15) is 29.5 Å². The van der Waals surface area contributed by atoms with Gasteiger partial charge in [0.25, 0.3) is 5.91 Å². The zero-order valence-corrected chi connectivity index (χ0v) is 29.9. The van der Waals surface area contributed by atoms with Gasteiger partial charge in [-0.2, -0.15) is 0 Å². The summed E-state index contributed by atoms with van der Waals surface area (Å²) >= 11 is 0. The van der Waals surface area contributed by atoms with Crippen molar-refractivity contribution in [2.24, 2.45) is 11.3 Å². The van der Waals surface area contributed by atoms with Gasteiger partial charge in [-0.05, 0) is 68.8 Å². The number of benzene rings is 1. The first-order chi connectivity index (χ1) is 23.9. The van der Waals surface area contributed by atoms with Gasteiger partial charge < -0.3 is 30.1 Å². The number of likely N-dealkylation sites (tertiary alicyclic amines) is 1. The Morgan fingerprint density at radius 1 is 1.16 bits per heavy atom. The first-order valence-corrected chi connectivity index (χ1v) is 18.1. The highest BCUT2D eigenvalue weighted by Gasteiger charge is 2.62. The van der Waals surface area contributed by atoms with E-state index in [1.54, 1.807) is 38.1 Å². The molecule has 1 saturated heterocycles. The van der Waals surface area contributed by atoms with Gasteiger partial charge in [-0.25, -0.2) is 18.2 Å². The molecule has 15 nitrogen and oxygen atoms in total. The third kappa shape index (κ3) is 7.70. The van der Waals surface area contributed by atoms with E-state index < -0.39 is 79.9 Å². The van der Waals surface area contributed by atoms with Crippen LogP contribution in [0.3, 0.4) is 0 Å². The van der Waals surface area contributed by atoms with Gasteiger partial charge in [-0.1, -0.05) is 25.5 Å². The number of fused-ring (bicyclic) bond motifs is 1. The number of amides is 4. The van der Waals surface area contributed by atoms with E-state index in [1.807, 2.05) is 0 Å². The van der Waals surface area contributed by atoms with Gasteiger partial charge in [0.15, 0.2) is 5.78 Å². The molecule has 1 aliphatic heterocycles. The van der Waals surface area contributed by atoms with Crippen LogP contribution >= 0.6 is 0 Å². The van der Waals surface area contributed by atoms with Crippen molar-refractivity contribution < 1.29 is 47.0 Å². The summed E-state index contributed by atoms with van der Waals surface area (Å²) < 4.78 is 39.0. The van der Waals surface area contributed by atoms with Crippen LogP contribution in [0.25, 0.3) is 10.8 Å². The van der Waals surface area contributed by atoms with E-state index in [1.165, 1.54) is 39.3 Å². The molecule has 2 unspecified atom stereocenters. The fourth-order valence-electron chi connectivity index (χ4n) is 6.33. The minimum absolute atomic E-state index is 0.0751. The quantitative estimate of drug-likeness (QED) is 0.164. The van der Waals surface area contributed by atoms with E-state index in [-0.39, 0.29) is 25.3 Å². The van der Waals surface area contributed by atoms with Crippen LogP contribution in [0.1, 0.15) is 53.4 Å². The Bertz CT molecular complexity index is 1920. The van der Waals surface area contributed by atoms with Gasteiger partial charge in [-0.15, -0.1) is 6.58 Å². The molecule has 4 amide bonds. The highest BCUT2D eigenvalue weighted by Crippen LogP contribution is 2.45. The fourth-order valence-corrected chi connectivity index (χ4v) is 7.70. The number of hydrogen-bond donors (Lipinski definition) is 4. The summed E-state index contributed by atoms with van der Waals surface area (Å²) in [6.07, 6.45) is 2.69. The number of aromatic nitrogens is 1. The van der Waals surface area contributed by atoms with Crippen molar-refractivity contribution in [3.8, 4) is 11.6 Å². The highest BCUT2D eigenvalue weighted by molar-refractivity contribution is 7.91. The van der Waals surface area contributed by atoms with Crippen LogP contribution in [-0.2, 0) is 29.2 Å². The number of carbonyl (C=O) groups is 5. The van der Waals surface area contributed by atoms with E-state index in [4.69, 9.17) is 9.47 Å². The molecule has 3 fully saturated rings. The van der Waals surface area contributed by atoms with Crippen LogP contribution in [-0.4, -0.2) is 95.6 Å². The number of ether oxygens (including phenoxy) is 2. The molecule has 2 aliphatic carbocycles. The van der Waals surface area contributed by atoms with Crippen LogP contribution in [0.4, 0.5) is 4.79 Å². The van der Waals surface area contributed by atoms with Crippen molar-refractivity contribution in [3.05, 3.63) is 54.8 Å². The first kappa shape index (κ1) is 37.3. The Labute approximate surface area is 295 Å². The highest BCUT2D eigenvalue weighted by atomic mass is 32.2. The van der Waals surface area contributed by atoms with Crippen molar-refractivity contribution in [1.82, 2.24) is 25.2 Å². The Kier molecular flexibility index (Phi) is 10.2. The van der Waals surface area contributed by atoms with Crippen LogP contribution in [0.5, 0.6) is 11.6 Å². The average Bonchev–Trinajstić information content (AvgIpc) is 3.99. The van der Waals surface area contributed by atoms with Crippen molar-refractivity contribution in [3.63, 3.8) is 0 Å². The summed E-state index contributed by atoms with van der Waals surface area (Å²) in [4.78, 5) is 72.8. The molecule has 1 aromatic heterocycles. The number of ketones is 1. The topological polar surface area (TPSA) is 210 Å². The van der Waals surface area contributed by atoms with E-state index in [0.717, 1.165) is 10.3 Å². The Morgan fingerprint density at radius 2 is 1.86 bits per heavy atom. The summed E-state index contributed by atoms with van der Waals surface area (Å²) in [5.74, 6) is -2.86. The van der Waals surface area contributed by atoms with E-state index in [2.05, 4.69) is 26.9 Å². The standard InChI is InChI=1S/C35H43N5O10S/c1-7-21-17-35(21,32(44)39-51(47,48)24-9-10-24)38-29(42)26-16-23(50-30-25-11-8-22(49-6)15-20(25)12-13-36-30)18-40(26)31(43)28(37-33(45)46)34(4,5)27(41)14-19(2)3/h7-8,11-15,21,23-24,26,28,37H,1,9-10,16-18H2,2-6H3,(H,38,42)(H,39,44)(H,45,46)/t21?,23-,26+,28-,35?/m1/s1. The molecule has 3 aliphatic rings. The Balaban J connectivity index is 1.48. The Hall–Kier alpha value is -4.99. The molecule has 0 radical (unpaired) electrons. The number of rotatable bonds is 14. The summed E-state index contributed by atoms with van der Waals surface area (Å²) in [6, 6.07) is 4.09. The minimum Gasteiger partial charge on any atom is -0.497 e. The number of pyridine rings is 1. The zero-order valence-electron chi connectivity index (χ0n) is 29.1. The lowest BCUT2D eigenvalue weighted by Gasteiger charge is -2.35. The number of carbonyl (C=O) groups excluding carboxylic acids is 4. The smallest absolute Gasteiger partial charge is 0.405 e. The second-order valence-corrected chi connectivity index (χ2v) is 16.0. The third-order valence-electron chi connectivity index (χ3n) is 9.60.